The summed E-state index contributed by atoms with van der Waals surface area (Å²) < 4.78 is 6.68. The molecule has 0 aliphatic carbocycles. The zero-order chi connectivity index (χ0) is 17.1. The molecule has 0 radical (unpaired) electrons. The molecule has 0 bridgehead atoms. The van der Waals surface area contributed by atoms with Crippen LogP contribution in [0.2, 0.25) is 10.0 Å². The van der Waals surface area contributed by atoms with Crippen LogP contribution in [0.1, 0.15) is 5.56 Å². The van der Waals surface area contributed by atoms with E-state index in [-0.39, 0.29) is 5.69 Å². The van der Waals surface area contributed by atoms with Crippen LogP contribution in [0.25, 0.3) is 11.1 Å². The van der Waals surface area contributed by atoms with Gasteiger partial charge in [-0.2, -0.15) is 0 Å². The van der Waals surface area contributed by atoms with Gasteiger partial charge in [-0.1, -0.05) is 41.4 Å². The predicted molar refractivity (Wildman–Crippen MR) is 96.0 cm³/mol. The lowest BCUT2D eigenvalue weighted by molar-refractivity contribution is 0.415. The molecule has 0 amide bonds. The average Bonchev–Trinajstić information content (AvgIpc) is 2.59. The van der Waals surface area contributed by atoms with Crippen LogP contribution < -0.4 is 10.4 Å². The number of benzene rings is 2. The standard InChI is InChI=1S/C18H14Cl2N2O2/c1-24-16-6-3-12(4-7-16)14-9-21-18(23)22(11-14)10-13-2-5-15(19)8-17(13)20/h2-9,11H,10H2,1H3. The maximum atomic E-state index is 12.0. The Morgan fingerprint density at radius 1 is 1.08 bits per heavy atom. The second kappa shape index (κ2) is 7.07. The predicted octanol–water partition coefficient (Wildman–Crippen LogP) is 4.27. The molecular formula is C18H14Cl2N2O2. The van der Waals surface area contributed by atoms with Gasteiger partial charge in [0.15, 0.2) is 0 Å². The summed E-state index contributed by atoms with van der Waals surface area (Å²) in [6.45, 7) is 0.325. The van der Waals surface area contributed by atoms with Crippen molar-refractivity contribution in [2.75, 3.05) is 7.11 Å². The summed E-state index contributed by atoms with van der Waals surface area (Å²) in [5, 5.41) is 1.07. The summed E-state index contributed by atoms with van der Waals surface area (Å²) in [5.41, 5.74) is 2.25. The molecule has 0 N–H and O–H groups in total. The Morgan fingerprint density at radius 3 is 2.50 bits per heavy atom. The second-order valence-electron chi connectivity index (χ2n) is 5.22. The molecule has 24 heavy (non-hydrogen) atoms. The Hall–Kier alpha value is -2.30. The van der Waals surface area contributed by atoms with Crippen LogP contribution in [0.5, 0.6) is 5.75 Å². The van der Waals surface area contributed by atoms with E-state index >= 15 is 0 Å². The smallest absolute Gasteiger partial charge is 0.347 e. The zero-order valence-corrected chi connectivity index (χ0v) is 14.4. The van der Waals surface area contributed by atoms with E-state index in [0.717, 1.165) is 22.4 Å². The lowest BCUT2D eigenvalue weighted by Crippen LogP contribution is -2.22. The Kier molecular flexibility index (Phi) is 4.88. The topological polar surface area (TPSA) is 44.1 Å². The van der Waals surface area contributed by atoms with Gasteiger partial charge in [0.1, 0.15) is 5.75 Å². The van der Waals surface area contributed by atoms with Gasteiger partial charge in [-0.25, -0.2) is 9.78 Å². The van der Waals surface area contributed by atoms with Crippen LogP contribution in [0.3, 0.4) is 0 Å². The first kappa shape index (κ1) is 16.6. The molecule has 4 nitrogen and oxygen atoms in total. The highest BCUT2D eigenvalue weighted by molar-refractivity contribution is 6.35. The summed E-state index contributed by atoms with van der Waals surface area (Å²) >= 11 is 12.1. The van der Waals surface area contributed by atoms with Crippen molar-refractivity contribution < 1.29 is 4.74 Å². The molecule has 0 fully saturated rings. The summed E-state index contributed by atoms with van der Waals surface area (Å²) in [7, 11) is 1.62. The van der Waals surface area contributed by atoms with Gasteiger partial charge in [-0.05, 0) is 35.4 Å². The average molecular weight is 361 g/mol. The Balaban J connectivity index is 1.95. The van der Waals surface area contributed by atoms with E-state index < -0.39 is 0 Å². The normalized spacial score (nSPS) is 10.6. The number of halogens is 2. The van der Waals surface area contributed by atoms with Gasteiger partial charge in [0.2, 0.25) is 0 Å². The van der Waals surface area contributed by atoms with Gasteiger partial charge < -0.3 is 4.74 Å². The fourth-order valence-electron chi connectivity index (χ4n) is 2.33. The highest BCUT2D eigenvalue weighted by atomic mass is 35.5. The molecule has 1 heterocycles. The SMILES string of the molecule is COc1ccc(-c2cnc(=O)n(Cc3ccc(Cl)cc3Cl)c2)cc1. The summed E-state index contributed by atoms with van der Waals surface area (Å²) in [6.07, 6.45) is 3.33. The van der Waals surface area contributed by atoms with E-state index in [4.69, 9.17) is 27.9 Å². The zero-order valence-electron chi connectivity index (χ0n) is 12.9. The van der Waals surface area contributed by atoms with Gasteiger partial charge in [0.05, 0.1) is 13.7 Å². The van der Waals surface area contributed by atoms with Crippen molar-refractivity contribution in [1.29, 1.82) is 0 Å². The van der Waals surface area contributed by atoms with Gasteiger partial charge >= 0.3 is 5.69 Å². The Bertz CT molecular complexity index is 921. The van der Waals surface area contributed by atoms with Crippen molar-refractivity contribution in [2.45, 2.75) is 6.54 Å². The molecule has 122 valence electrons. The lowest BCUT2D eigenvalue weighted by Gasteiger charge is -2.10. The minimum Gasteiger partial charge on any atom is -0.497 e. The van der Waals surface area contributed by atoms with E-state index in [1.807, 2.05) is 24.3 Å². The fraction of sp³-hybridized carbons (Fsp3) is 0.111. The van der Waals surface area contributed by atoms with Crippen molar-refractivity contribution in [1.82, 2.24) is 9.55 Å². The number of hydrogen-bond acceptors (Lipinski definition) is 3. The number of methoxy groups -OCH3 is 1. The third kappa shape index (κ3) is 3.61. The van der Waals surface area contributed by atoms with Gasteiger partial charge in [-0.15, -0.1) is 0 Å². The molecule has 0 aliphatic rings. The molecule has 0 aliphatic heterocycles. The molecule has 0 atom stereocenters. The van der Waals surface area contributed by atoms with Crippen molar-refractivity contribution in [3.63, 3.8) is 0 Å². The van der Waals surface area contributed by atoms with Crippen molar-refractivity contribution in [3.8, 4) is 16.9 Å². The molecule has 2 aromatic carbocycles. The highest BCUT2D eigenvalue weighted by Crippen LogP contribution is 2.23. The number of ether oxygens (including phenoxy) is 1. The highest BCUT2D eigenvalue weighted by Gasteiger charge is 2.07. The van der Waals surface area contributed by atoms with E-state index in [0.29, 0.717) is 16.6 Å². The molecular weight excluding hydrogens is 347 g/mol. The lowest BCUT2D eigenvalue weighted by atomic mass is 10.1. The summed E-state index contributed by atoms with van der Waals surface area (Å²) in [6, 6.07) is 12.8. The van der Waals surface area contributed by atoms with Crippen LogP contribution in [0.15, 0.2) is 59.7 Å². The molecule has 0 saturated heterocycles. The molecule has 1 aromatic heterocycles. The Labute approximate surface area is 149 Å². The van der Waals surface area contributed by atoms with E-state index in [9.17, 15) is 4.79 Å². The molecule has 3 aromatic rings. The summed E-state index contributed by atoms with van der Waals surface area (Å²) in [5.74, 6) is 0.771. The molecule has 0 saturated carbocycles. The molecule has 0 spiro atoms. The number of hydrogen-bond donors (Lipinski definition) is 0. The van der Waals surface area contributed by atoms with Crippen LogP contribution in [0.4, 0.5) is 0 Å². The van der Waals surface area contributed by atoms with Gasteiger partial charge in [-0.3, -0.25) is 4.57 Å². The first-order valence-electron chi connectivity index (χ1n) is 7.21. The number of rotatable bonds is 4. The van der Waals surface area contributed by atoms with E-state index in [2.05, 4.69) is 4.98 Å². The minimum atomic E-state index is -0.335. The van der Waals surface area contributed by atoms with Crippen molar-refractivity contribution >= 4 is 23.2 Å². The van der Waals surface area contributed by atoms with E-state index in [1.54, 1.807) is 37.7 Å². The number of aromatic nitrogens is 2. The fourth-order valence-corrected chi connectivity index (χ4v) is 2.80. The van der Waals surface area contributed by atoms with Gasteiger partial charge in [0.25, 0.3) is 0 Å². The van der Waals surface area contributed by atoms with Crippen LogP contribution in [-0.2, 0) is 6.54 Å². The second-order valence-corrected chi connectivity index (χ2v) is 6.06. The van der Waals surface area contributed by atoms with E-state index in [1.165, 1.54) is 4.57 Å². The quantitative estimate of drug-likeness (QED) is 0.697. The third-order valence-corrected chi connectivity index (χ3v) is 4.22. The molecule has 6 heteroatoms. The maximum Gasteiger partial charge on any atom is 0.347 e. The largest absolute Gasteiger partial charge is 0.497 e. The van der Waals surface area contributed by atoms with Crippen LogP contribution in [0, 0.1) is 0 Å². The Morgan fingerprint density at radius 2 is 1.83 bits per heavy atom. The molecule has 3 rings (SSSR count). The number of nitrogens with zero attached hydrogens (tertiary/aromatic N) is 2. The first-order chi connectivity index (χ1) is 11.6. The molecule has 0 unspecified atom stereocenters. The first-order valence-corrected chi connectivity index (χ1v) is 7.97. The van der Waals surface area contributed by atoms with Crippen molar-refractivity contribution in [3.05, 3.63) is 81.0 Å². The minimum absolute atomic E-state index is 0.325. The van der Waals surface area contributed by atoms with Gasteiger partial charge in [0, 0.05) is 28.0 Å². The summed E-state index contributed by atoms with van der Waals surface area (Å²) in [4.78, 5) is 16.0. The van der Waals surface area contributed by atoms with Crippen molar-refractivity contribution in [2.24, 2.45) is 0 Å². The monoisotopic (exact) mass is 360 g/mol. The van der Waals surface area contributed by atoms with Crippen LogP contribution in [-0.4, -0.2) is 16.7 Å². The van der Waals surface area contributed by atoms with Crippen LogP contribution >= 0.6 is 23.2 Å². The third-order valence-electron chi connectivity index (χ3n) is 3.63. The maximum absolute atomic E-state index is 12.0.